The molecule has 332 valence electrons. The average Bonchev–Trinajstić information content (AvgIpc) is 3.87. The maximum absolute atomic E-state index is 6.90. The predicted octanol–water partition coefficient (Wildman–Crippen LogP) is 13.2. The second-order valence-corrected chi connectivity index (χ2v) is 20.9. The van der Waals surface area contributed by atoms with Crippen molar-refractivity contribution in [3.63, 3.8) is 0 Å². The van der Waals surface area contributed by atoms with Crippen LogP contribution in [0, 0.1) is 55.4 Å². The summed E-state index contributed by atoms with van der Waals surface area (Å²) in [6.45, 7) is 17.8. The first-order valence-corrected chi connectivity index (χ1v) is 24.8. The van der Waals surface area contributed by atoms with Crippen molar-refractivity contribution in [2.75, 3.05) is 9.80 Å². The normalized spacial score (nSPS) is 13.6. The second kappa shape index (κ2) is 13.9. The van der Waals surface area contributed by atoms with Gasteiger partial charge in [-0.25, -0.2) is 0 Å². The largest absolute Gasteiger partial charge is 0.456 e. The van der Waals surface area contributed by atoms with Gasteiger partial charge in [0.05, 0.1) is 22.7 Å². The van der Waals surface area contributed by atoms with Crippen LogP contribution in [0.2, 0.25) is 0 Å². The molecule has 0 saturated carbocycles. The van der Waals surface area contributed by atoms with E-state index in [1.54, 1.807) is 0 Å². The summed E-state index contributed by atoms with van der Waals surface area (Å²) in [6, 6.07) is 55.7. The van der Waals surface area contributed by atoms with Crippen LogP contribution < -0.4 is 42.6 Å². The molecular weight excluding hydrogens is 850 g/mol. The molecule has 0 N–H and O–H groups in total. The van der Waals surface area contributed by atoms with Crippen LogP contribution in [-0.2, 0) is 0 Å². The number of aryl methyl sites for hydroxylation is 8. The number of rotatable bonds is 2. The summed E-state index contributed by atoms with van der Waals surface area (Å²) in [6.07, 6.45) is 0. The van der Waals surface area contributed by atoms with Gasteiger partial charge in [-0.2, -0.15) is 0 Å². The molecule has 0 saturated heterocycles. The Labute approximate surface area is 407 Å². The fraction of sp³-hybridized carbons (Fsp3) is 0.125. The van der Waals surface area contributed by atoms with Crippen LogP contribution in [0.15, 0.2) is 154 Å². The average molecular weight is 899 g/mol. The molecule has 0 bridgehead atoms. The van der Waals surface area contributed by atoms with E-state index in [9.17, 15) is 0 Å². The van der Waals surface area contributed by atoms with E-state index in [4.69, 9.17) is 8.83 Å². The van der Waals surface area contributed by atoms with E-state index in [0.717, 1.165) is 43.9 Å². The third-order valence-electron chi connectivity index (χ3n) is 16.3. The highest BCUT2D eigenvalue weighted by molar-refractivity contribution is 7.01. The van der Waals surface area contributed by atoms with Crippen molar-refractivity contribution in [1.82, 2.24) is 0 Å². The summed E-state index contributed by atoms with van der Waals surface area (Å²) in [4.78, 5) is 5.34. The van der Waals surface area contributed by atoms with Crippen LogP contribution in [0.5, 0.6) is 0 Å². The highest BCUT2D eigenvalue weighted by atomic mass is 16.3. The zero-order valence-corrected chi connectivity index (χ0v) is 40.7. The zero-order chi connectivity index (χ0) is 47.2. The van der Waals surface area contributed by atoms with E-state index in [2.05, 4.69) is 211 Å². The third-order valence-corrected chi connectivity index (χ3v) is 16.3. The molecule has 0 spiro atoms. The minimum atomic E-state index is -0.0917. The van der Waals surface area contributed by atoms with Gasteiger partial charge in [0.25, 0.3) is 0 Å². The first-order valence-electron chi connectivity index (χ1n) is 24.8. The highest BCUT2D eigenvalue weighted by Gasteiger charge is 2.49. The first-order chi connectivity index (χ1) is 34.0. The van der Waals surface area contributed by atoms with Gasteiger partial charge in [-0.15, -0.1) is 0 Å². The predicted molar refractivity (Wildman–Crippen MR) is 299 cm³/mol. The van der Waals surface area contributed by atoms with Crippen molar-refractivity contribution in [3.8, 4) is 0 Å². The van der Waals surface area contributed by atoms with Gasteiger partial charge in [0.1, 0.15) is 22.3 Å². The third kappa shape index (κ3) is 5.23. The topological polar surface area (TPSA) is 32.8 Å². The van der Waals surface area contributed by atoms with Crippen molar-refractivity contribution in [3.05, 3.63) is 190 Å². The van der Waals surface area contributed by atoms with E-state index in [-0.39, 0.29) is 13.4 Å². The maximum atomic E-state index is 6.90. The Balaban J connectivity index is 1.17. The molecular formula is C64H48B2N2O2. The quantitative estimate of drug-likeness (QED) is 0.162. The van der Waals surface area contributed by atoms with Gasteiger partial charge in [0, 0.05) is 32.9 Å². The monoisotopic (exact) mass is 898 g/mol. The molecule has 6 heteroatoms. The van der Waals surface area contributed by atoms with Crippen LogP contribution in [0.25, 0.3) is 65.4 Å². The van der Waals surface area contributed by atoms with Crippen LogP contribution in [0.4, 0.5) is 34.1 Å². The van der Waals surface area contributed by atoms with E-state index in [0.29, 0.717) is 0 Å². The van der Waals surface area contributed by atoms with E-state index in [1.165, 1.54) is 133 Å². The van der Waals surface area contributed by atoms with Gasteiger partial charge in [0.2, 0.25) is 13.4 Å². The molecule has 3 aliphatic heterocycles. The Morgan fingerprint density at radius 2 is 0.700 bits per heavy atom. The Kier molecular flexibility index (Phi) is 7.91. The van der Waals surface area contributed by atoms with Gasteiger partial charge in [-0.1, -0.05) is 141 Å². The van der Waals surface area contributed by atoms with Crippen molar-refractivity contribution < 1.29 is 8.83 Å². The number of benzene rings is 10. The van der Waals surface area contributed by atoms with Gasteiger partial charge in [0.15, 0.2) is 0 Å². The summed E-state index contributed by atoms with van der Waals surface area (Å²) in [5, 5.41) is 9.50. The summed E-state index contributed by atoms with van der Waals surface area (Å²) in [5.74, 6) is 0. The van der Waals surface area contributed by atoms with Gasteiger partial charge in [-0.3, -0.25) is 0 Å². The molecule has 0 fully saturated rings. The number of fused-ring (bicyclic) bond motifs is 16. The van der Waals surface area contributed by atoms with Crippen LogP contribution >= 0.6 is 0 Å². The number of hydrogen-bond acceptors (Lipinski definition) is 4. The molecule has 10 aromatic carbocycles. The molecule has 0 aliphatic carbocycles. The van der Waals surface area contributed by atoms with E-state index >= 15 is 0 Å². The minimum absolute atomic E-state index is 0.0917. The molecule has 3 aliphatic rings. The SMILES string of the molecule is Cc1cc(C)c(B2c3cc4oc5cc(C)ccc5c4cc3N3c4cc5ccccc5c5c4N(c4cc6c(cc4B5c4c(C)cc(C)cc4C)oc4cc(C)ccc46)c4cc5ccccc5c2c43)c(C)c1. The van der Waals surface area contributed by atoms with Crippen molar-refractivity contribution in [2.45, 2.75) is 55.4 Å². The molecule has 0 unspecified atom stereocenters. The van der Waals surface area contributed by atoms with E-state index in [1.807, 2.05) is 0 Å². The summed E-state index contributed by atoms with van der Waals surface area (Å²) in [7, 11) is 0. The fourth-order valence-corrected chi connectivity index (χ4v) is 13.8. The summed E-state index contributed by atoms with van der Waals surface area (Å²) < 4.78 is 13.8. The van der Waals surface area contributed by atoms with Crippen LogP contribution in [0.3, 0.4) is 0 Å². The number of nitrogens with zero attached hydrogens (tertiary/aromatic N) is 2. The highest BCUT2D eigenvalue weighted by Crippen LogP contribution is 2.58. The summed E-state index contributed by atoms with van der Waals surface area (Å²) >= 11 is 0. The molecule has 0 amide bonds. The molecule has 0 atom stereocenters. The van der Waals surface area contributed by atoms with Gasteiger partial charge in [-0.05, 0) is 158 Å². The molecule has 2 aromatic heterocycles. The lowest BCUT2D eigenvalue weighted by atomic mass is 9.32. The summed E-state index contributed by atoms with van der Waals surface area (Å²) in [5.41, 5.74) is 28.9. The Morgan fingerprint density at radius 3 is 1.11 bits per heavy atom. The minimum Gasteiger partial charge on any atom is -0.456 e. The van der Waals surface area contributed by atoms with Gasteiger partial charge >= 0.3 is 0 Å². The fourth-order valence-electron chi connectivity index (χ4n) is 13.8. The molecule has 5 heterocycles. The molecule has 0 radical (unpaired) electrons. The van der Waals surface area contributed by atoms with Gasteiger partial charge < -0.3 is 18.6 Å². The number of furan rings is 2. The van der Waals surface area contributed by atoms with Crippen molar-refractivity contribution in [2.24, 2.45) is 0 Å². The van der Waals surface area contributed by atoms with Crippen molar-refractivity contribution in [1.29, 1.82) is 0 Å². The Hall–Kier alpha value is -7.95. The number of hydrogen-bond donors (Lipinski definition) is 0. The van der Waals surface area contributed by atoms with Crippen LogP contribution in [-0.4, -0.2) is 13.4 Å². The lowest BCUT2D eigenvalue weighted by Gasteiger charge is -2.50. The van der Waals surface area contributed by atoms with Crippen LogP contribution in [0.1, 0.15) is 44.5 Å². The van der Waals surface area contributed by atoms with E-state index < -0.39 is 0 Å². The molecule has 70 heavy (non-hydrogen) atoms. The maximum Gasteiger partial charge on any atom is 0.248 e. The molecule has 4 nitrogen and oxygen atoms in total. The van der Waals surface area contributed by atoms with Crippen molar-refractivity contribution >= 4 is 146 Å². The molecule has 12 aromatic rings. The standard InChI is InChI=1S/C64H48B2N2O2/c1-33-17-19-45-47-29-51-49(31-57(47)69-55(45)25-33)65(59-37(5)21-35(3)22-38(59)6)61-43-15-11-9-14-42(43)28-54-63(61)67(51)53-27-41-13-10-12-16-44(41)62-64(53)68(54)52-30-48-46-20-18-34(2)26-56(46)70-58(48)32-50(52)66(62)60-39(7)23-36(4)24-40(60)8/h9-32H,1-8H3. The second-order valence-electron chi connectivity index (χ2n) is 20.9. The Bertz CT molecular complexity index is 4060. The molecule has 15 rings (SSSR count). The lowest BCUT2D eigenvalue weighted by Crippen LogP contribution is -2.62. The smallest absolute Gasteiger partial charge is 0.248 e. The Morgan fingerprint density at radius 1 is 0.314 bits per heavy atom. The lowest BCUT2D eigenvalue weighted by molar-refractivity contribution is 0.668. The number of anilines is 6. The first kappa shape index (κ1) is 40.0. The zero-order valence-electron chi connectivity index (χ0n) is 40.7.